The van der Waals surface area contributed by atoms with Gasteiger partial charge >= 0.3 is 0 Å². The summed E-state index contributed by atoms with van der Waals surface area (Å²) in [5, 5.41) is 0. The Hall–Kier alpha value is -0.660. The Balaban J connectivity index is 3.35. The summed E-state index contributed by atoms with van der Waals surface area (Å²) in [5.41, 5.74) is 7.86. The topological polar surface area (TPSA) is 45.6 Å². The zero-order valence-electron chi connectivity index (χ0n) is 4.46. The molecule has 0 saturated carbocycles. The van der Waals surface area contributed by atoms with Crippen LogP contribution in [0.3, 0.4) is 0 Å². The maximum Gasteiger partial charge on any atom is 0.285 e. The fraction of sp³-hybridized carbons (Fsp3) is 0.750. The van der Waals surface area contributed by atoms with Crippen LogP contribution in [0.15, 0.2) is 0 Å². The van der Waals surface area contributed by atoms with Gasteiger partial charge in [0, 0.05) is 7.11 Å². The van der Waals surface area contributed by atoms with Crippen molar-refractivity contribution in [1.29, 1.82) is 0 Å². The molecule has 0 aromatic carbocycles. The highest BCUT2D eigenvalue weighted by atomic mass is 16.5. The van der Waals surface area contributed by atoms with Crippen molar-refractivity contribution < 1.29 is 9.53 Å². The van der Waals surface area contributed by atoms with Crippen LogP contribution in [0.1, 0.15) is 6.92 Å². The largest absolute Gasteiger partial charge is 0.370 e. The van der Waals surface area contributed by atoms with Gasteiger partial charge < -0.3 is 10.3 Å². The number of ether oxygens (including phenoxy) is 1. The van der Waals surface area contributed by atoms with E-state index >= 15 is 0 Å². The van der Waals surface area contributed by atoms with Crippen molar-refractivity contribution in [3.8, 4) is 0 Å². The van der Waals surface area contributed by atoms with E-state index in [-0.39, 0.29) is 6.10 Å². The third kappa shape index (κ3) is 3.16. The van der Waals surface area contributed by atoms with E-state index in [4.69, 9.17) is 5.53 Å². The first-order valence-corrected chi connectivity index (χ1v) is 2.01. The van der Waals surface area contributed by atoms with Crippen molar-refractivity contribution in [2.75, 3.05) is 7.11 Å². The molecule has 0 spiro atoms. The van der Waals surface area contributed by atoms with Crippen LogP contribution in [0.25, 0.3) is 5.53 Å². The molecule has 0 aliphatic carbocycles. The quantitative estimate of drug-likeness (QED) is 0.280. The monoisotopic (exact) mass is 100 g/mol. The SMILES string of the molecule is COC(C)C=[N+]=[N-]. The molecule has 0 amide bonds. The smallest absolute Gasteiger partial charge is 0.285 e. The molecule has 0 radical (unpaired) electrons. The summed E-state index contributed by atoms with van der Waals surface area (Å²) in [7, 11) is 1.55. The molecule has 0 aromatic heterocycles. The maximum atomic E-state index is 7.86. The molecule has 0 N–H and O–H groups in total. The second kappa shape index (κ2) is 3.53. The summed E-state index contributed by atoms with van der Waals surface area (Å²) in [6, 6.07) is 0. The minimum Gasteiger partial charge on any atom is -0.370 e. The van der Waals surface area contributed by atoms with E-state index < -0.39 is 0 Å². The lowest BCUT2D eigenvalue weighted by Gasteiger charge is -1.91. The Morgan fingerprint density at radius 2 is 2.43 bits per heavy atom. The third-order valence-corrected chi connectivity index (χ3v) is 0.648. The van der Waals surface area contributed by atoms with Gasteiger partial charge in [-0.2, -0.15) is 4.79 Å². The highest BCUT2D eigenvalue weighted by Crippen LogP contribution is 1.76. The van der Waals surface area contributed by atoms with Gasteiger partial charge in [-0.3, -0.25) is 0 Å². The summed E-state index contributed by atoms with van der Waals surface area (Å²) >= 11 is 0. The molecule has 3 heteroatoms. The van der Waals surface area contributed by atoms with Gasteiger partial charge in [0.25, 0.3) is 6.21 Å². The van der Waals surface area contributed by atoms with Gasteiger partial charge in [0.15, 0.2) is 0 Å². The first kappa shape index (κ1) is 6.34. The zero-order valence-corrected chi connectivity index (χ0v) is 4.46. The molecule has 7 heavy (non-hydrogen) atoms. The molecule has 0 bridgehead atoms. The van der Waals surface area contributed by atoms with Gasteiger partial charge in [-0.15, -0.1) is 0 Å². The van der Waals surface area contributed by atoms with Gasteiger partial charge in [-0.05, 0) is 6.92 Å². The Morgan fingerprint density at radius 3 is 2.57 bits per heavy atom. The number of hydrogen-bond donors (Lipinski definition) is 0. The van der Waals surface area contributed by atoms with Crippen LogP contribution in [0.5, 0.6) is 0 Å². The van der Waals surface area contributed by atoms with E-state index in [2.05, 4.69) is 9.53 Å². The highest BCUT2D eigenvalue weighted by Gasteiger charge is 1.94. The van der Waals surface area contributed by atoms with Crippen molar-refractivity contribution in [2.45, 2.75) is 13.0 Å². The summed E-state index contributed by atoms with van der Waals surface area (Å²) in [6.45, 7) is 1.78. The van der Waals surface area contributed by atoms with Crippen molar-refractivity contribution in [2.24, 2.45) is 0 Å². The summed E-state index contributed by atoms with van der Waals surface area (Å²) in [4.78, 5) is 2.76. The van der Waals surface area contributed by atoms with Gasteiger partial charge in [0.1, 0.15) is 6.10 Å². The maximum absolute atomic E-state index is 7.86. The Kier molecular flexibility index (Phi) is 3.19. The van der Waals surface area contributed by atoms with Gasteiger partial charge in [0.05, 0.1) is 0 Å². The van der Waals surface area contributed by atoms with E-state index in [9.17, 15) is 0 Å². The molecule has 3 nitrogen and oxygen atoms in total. The van der Waals surface area contributed by atoms with E-state index in [0.29, 0.717) is 0 Å². The summed E-state index contributed by atoms with van der Waals surface area (Å²) in [5.74, 6) is 0. The average molecular weight is 100 g/mol. The number of nitrogens with zero attached hydrogens (tertiary/aromatic N) is 2. The van der Waals surface area contributed by atoms with Gasteiger partial charge in [-0.25, -0.2) is 0 Å². The molecular weight excluding hydrogens is 92.1 g/mol. The van der Waals surface area contributed by atoms with E-state index in [1.54, 1.807) is 14.0 Å². The fourth-order valence-corrected chi connectivity index (χ4v) is 0.155. The molecule has 0 heterocycles. The summed E-state index contributed by atoms with van der Waals surface area (Å²) in [6.07, 6.45) is 1.21. The van der Waals surface area contributed by atoms with E-state index in [0.717, 1.165) is 0 Å². The molecule has 0 aliphatic heterocycles. The van der Waals surface area contributed by atoms with Crippen LogP contribution in [-0.2, 0) is 4.74 Å². The fourth-order valence-electron chi connectivity index (χ4n) is 0.155. The molecule has 0 rings (SSSR count). The van der Waals surface area contributed by atoms with Crippen molar-refractivity contribution in [3.63, 3.8) is 0 Å². The zero-order chi connectivity index (χ0) is 5.70. The van der Waals surface area contributed by atoms with E-state index in [1.165, 1.54) is 6.21 Å². The average Bonchev–Trinajstić information content (AvgIpc) is 1.68. The molecule has 1 atom stereocenters. The second-order valence-corrected chi connectivity index (χ2v) is 1.21. The lowest BCUT2D eigenvalue weighted by atomic mass is 10.5. The lowest BCUT2D eigenvalue weighted by molar-refractivity contribution is -0.0126. The van der Waals surface area contributed by atoms with Crippen molar-refractivity contribution in [1.82, 2.24) is 0 Å². The Labute approximate surface area is 42.5 Å². The van der Waals surface area contributed by atoms with Crippen molar-refractivity contribution in [3.05, 3.63) is 5.53 Å². The van der Waals surface area contributed by atoms with Crippen molar-refractivity contribution >= 4 is 6.21 Å². The normalized spacial score (nSPS) is 12.3. The molecule has 0 fully saturated rings. The number of methoxy groups -OCH3 is 1. The Morgan fingerprint density at radius 1 is 1.86 bits per heavy atom. The first-order valence-electron chi connectivity index (χ1n) is 2.01. The molecule has 0 saturated heterocycles. The van der Waals surface area contributed by atoms with Crippen LogP contribution in [0.2, 0.25) is 0 Å². The lowest BCUT2D eigenvalue weighted by Crippen LogP contribution is -2.05. The van der Waals surface area contributed by atoms with Crippen LogP contribution < -0.4 is 0 Å². The number of rotatable bonds is 2. The molecular formula is C4H8N2O. The van der Waals surface area contributed by atoms with Crippen LogP contribution in [-0.4, -0.2) is 24.2 Å². The van der Waals surface area contributed by atoms with Crippen LogP contribution in [0.4, 0.5) is 0 Å². The summed E-state index contributed by atoms with van der Waals surface area (Å²) < 4.78 is 4.68. The van der Waals surface area contributed by atoms with Gasteiger partial charge in [-0.1, -0.05) is 0 Å². The standard InChI is InChI=1S/C4H8N2O/c1-4(7-2)3-6-5/h3-4H,1-2H3. The Bertz CT molecular complexity index is 85.7. The van der Waals surface area contributed by atoms with E-state index in [1.807, 2.05) is 0 Å². The van der Waals surface area contributed by atoms with Gasteiger partial charge in [0.2, 0.25) is 0 Å². The third-order valence-electron chi connectivity index (χ3n) is 0.648. The predicted octanol–water partition coefficient (Wildman–Crippen LogP) is 0.322. The molecule has 40 valence electrons. The second-order valence-electron chi connectivity index (χ2n) is 1.21. The first-order chi connectivity index (χ1) is 3.31. The highest BCUT2D eigenvalue weighted by molar-refractivity contribution is 5.55. The molecule has 1 unspecified atom stereocenters. The molecule has 0 aliphatic rings. The minimum atomic E-state index is -0.0926. The van der Waals surface area contributed by atoms with Crippen LogP contribution in [0, 0.1) is 0 Å². The van der Waals surface area contributed by atoms with Crippen LogP contribution >= 0.6 is 0 Å². The predicted molar refractivity (Wildman–Crippen MR) is 26.2 cm³/mol. The molecule has 0 aromatic rings. The minimum absolute atomic E-state index is 0.0926. The number of hydrogen-bond acceptors (Lipinski definition) is 1.